The third kappa shape index (κ3) is 2.13. The normalized spacial score (nSPS) is 30.8. The molecular formula is C15H22N2. The summed E-state index contributed by atoms with van der Waals surface area (Å²) in [6.45, 7) is 3.22. The van der Waals surface area contributed by atoms with E-state index in [0.29, 0.717) is 0 Å². The monoisotopic (exact) mass is 230 g/mol. The Bertz CT molecular complexity index is 413. The molecule has 3 rings (SSSR count). The van der Waals surface area contributed by atoms with Crippen molar-refractivity contribution in [2.75, 3.05) is 17.6 Å². The second-order valence-corrected chi connectivity index (χ2v) is 5.91. The van der Waals surface area contributed by atoms with Gasteiger partial charge in [0.05, 0.1) is 11.4 Å². The Morgan fingerprint density at radius 2 is 2.18 bits per heavy atom. The molecule has 1 aromatic rings. The summed E-state index contributed by atoms with van der Waals surface area (Å²) in [7, 11) is 0. The van der Waals surface area contributed by atoms with E-state index in [1.54, 1.807) is 0 Å². The molecule has 2 nitrogen and oxygen atoms in total. The Balaban J connectivity index is 1.62. The first-order valence-corrected chi connectivity index (χ1v) is 6.82. The van der Waals surface area contributed by atoms with Crippen molar-refractivity contribution in [3.05, 3.63) is 23.8 Å². The summed E-state index contributed by atoms with van der Waals surface area (Å²) in [5, 5.41) is 3.56. The highest BCUT2D eigenvalue weighted by atomic mass is 14.9. The maximum atomic E-state index is 5.99. The highest BCUT2D eigenvalue weighted by Crippen LogP contribution is 2.48. The van der Waals surface area contributed by atoms with E-state index in [0.717, 1.165) is 35.7 Å². The first-order chi connectivity index (χ1) is 8.22. The molecule has 0 heterocycles. The summed E-state index contributed by atoms with van der Waals surface area (Å²) in [4.78, 5) is 0. The fourth-order valence-corrected chi connectivity index (χ4v) is 3.69. The van der Waals surface area contributed by atoms with Gasteiger partial charge in [0.15, 0.2) is 0 Å². The van der Waals surface area contributed by atoms with Crippen LogP contribution in [0.3, 0.4) is 0 Å². The molecule has 2 bridgehead atoms. The minimum absolute atomic E-state index is 0.874. The fourth-order valence-electron chi connectivity index (χ4n) is 3.69. The van der Waals surface area contributed by atoms with Crippen LogP contribution >= 0.6 is 0 Å². The zero-order valence-electron chi connectivity index (χ0n) is 10.6. The Morgan fingerprint density at radius 3 is 2.88 bits per heavy atom. The molecule has 0 aliphatic heterocycles. The molecule has 2 fully saturated rings. The van der Waals surface area contributed by atoms with Crippen LogP contribution in [-0.4, -0.2) is 6.54 Å². The third-order valence-corrected chi connectivity index (χ3v) is 4.65. The molecule has 2 heteroatoms. The van der Waals surface area contributed by atoms with Crippen LogP contribution in [0.25, 0.3) is 0 Å². The van der Waals surface area contributed by atoms with Gasteiger partial charge in [0.25, 0.3) is 0 Å². The molecule has 0 spiro atoms. The molecule has 1 aromatic carbocycles. The summed E-state index contributed by atoms with van der Waals surface area (Å²) in [6, 6.07) is 6.22. The van der Waals surface area contributed by atoms with Gasteiger partial charge in [0.1, 0.15) is 0 Å². The molecule has 2 saturated carbocycles. The lowest BCUT2D eigenvalue weighted by molar-refractivity contribution is 0.348. The maximum absolute atomic E-state index is 5.99. The van der Waals surface area contributed by atoms with Crippen LogP contribution in [-0.2, 0) is 0 Å². The van der Waals surface area contributed by atoms with Crippen molar-refractivity contribution in [3.8, 4) is 0 Å². The summed E-state index contributed by atoms with van der Waals surface area (Å²) >= 11 is 0. The number of fused-ring (bicyclic) bond motifs is 2. The van der Waals surface area contributed by atoms with E-state index in [9.17, 15) is 0 Å². The fraction of sp³-hybridized carbons (Fsp3) is 0.600. The van der Waals surface area contributed by atoms with Gasteiger partial charge in [-0.3, -0.25) is 0 Å². The van der Waals surface area contributed by atoms with Gasteiger partial charge in [-0.15, -0.1) is 0 Å². The second kappa shape index (κ2) is 4.25. The molecule has 2 aliphatic carbocycles. The highest BCUT2D eigenvalue weighted by Gasteiger charge is 2.38. The zero-order valence-corrected chi connectivity index (χ0v) is 10.6. The predicted molar refractivity (Wildman–Crippen MR) is 73.0 cm³/mol. The predicted octanol–water partition coefficient (Wildman–Crippen LogP) is 3.43. The van der Waals surface area contributed by atoms with Crippen LogP contribution in [0.1, 0.15) is 31.2 Å². The van der Waals surface area contributed by atoms with Crippen LogP contribution in [0.5, 0.6) is 0 Å². The van der Waals surface area contributed by atoms with Gasteiger partial charge in [-0.05, 0) is 61.6 Å². The SMILES string of the molecule is Cc1ccc(N)c(NCC2CC3CCC2C3)c1. The number of anilines is 2. The van der Waals surface area contributed by atoms with Gasteiger partial charge in [0.2, 0.25) is 0 Å². The van der Waals surface area contributed by atoms with Gasteiger partial charge in [-0.25, -0.2) is 0 Å². The van der Waals surface area contributed by atoms with Gasteiger partial charge >= 0.3 is 0 Å². The Hall–Kier alpha value is -1.18. The van der Waals surface area contributed by atoms with E-state index in [1.165, 1.54) is 31.2 Å². The lowest BCUT2D eigenvalue weighted by Crippen LogP contribution is -2.20. The van der Waals surface area contributed by atoms with Crippen LogP contribution in [0.4, 0.5) is 11.4 Å². The third-order valence-electron chi connectivity index (χ3n) is 4.65. The largest absolute Gasteiger partial charge is 0.397 e. The minimum Gasteiger partial charge on any atom is -0.397 e. The van der Waals surface area contributed by atoms with Gasteiger partial charge in [-0.2, -0.15) is 0 Å². The van der Waals surface area contributed by atoms with Crippen LogP contribution in [0.2, 0.25) is 0 Å². The van der Waals surface area contributed by atoms with Crippen molar-refractivity contribution in [2.45, 2.75) is 32.6 Å². The smallest absolute Gasteiger partial charge is 0.0576 e. The molecule has 92 valence electrons. The highest BCUT2D eigenvalue weighted by molar-refractivity contribution is 5.66. The first-order valence-electron chi connectivity index (χ1n) is 6.82. The van der Waals surface area contributed by atoms with E-state index in [1.807, 2.05) is 6.07 Å². The summed E-state index contributed by atoms with van der Waals surface area (Å²) < 4.78 is 0. The Labute approximate surface area is 104 Å². The quantitative estimate of drug-likeness (QED) is 0.781. The van der Waals surface area contributed by atoms with E-state index in [4.69, 9.17) is 5.73 Å². The molecule has 3 atom stereocenters. The molecule has 0 radical (unpaired) electrons. The maximum Gasteiger partial charge on any atom is 0.0576 e. The van der Waals surface area contributed by atoms with Crippen LogP contribution in [0.15, 0.2) is 18.2 Å². The van der Waals surface area contributed by atoms with E-state index < -0.39 is 0 Å². The first kappa shape index (κ1) is 10.9. The van der Waals surface area contributed by atoms with Gasteiger partial charge in [0, 0.05) is 6.54 Å². The van der Waals surface area contributed by atoms with Crippen molar-refractivity contribution in [3.63, 3.8) is 0 Å². The molecule has 0 aromatic heterocycles. The average molecular weight is 230 g/mol. The summed E-state index contributed by atoms with van der Waals surface area (Å²) in [5.74, 6) is 2.90. The van der Waals surface area contributed by atoms with Crippen molar-refractivity contribution < 1.29 is 0 Å². The van der Waals surface area contributed by atoms with Gasteiger partial charge < -0.3 is 11.1 Å². The topological polar surface area (TPSA) is 38.0 Å². The number of benzene rings is 1. The standard InChI is InChI=1S/C15H22N2/c1-10-2-5-14(16)15(6-10)17-9-13-8-11-3-4-12(13)7-11/h2,5-6,11-13,17H,3-4,7-9,16H2,1H3. The van der Waals surface area contributed by atoms with Crippen molar-refractivity contribution in [1.82, 2.24) is 0 Å². The number of hydrogen-bond acceptors (Lipinski definition) is 2. The molecule has 0 amide bonds. The van der Waals surface area contributed by atoms with Crippen LogP contribution < -0.4 is 11.1 Å². The molecule has 2 aliphatic rings. The minimum atomic E-state index is 0.874. The number of nitrogen functional groups attached to an aromatic ring is 1. The number of hydrogen-bond donors (Lipinski definition) is 2. The lowest BCUT2D eigenvalue weighted by Gasteiger charge is -2.23. The lowest BCUT2D eigenvalue weighted by atomic mass is 9.89. The van der Waals surface area contributed by atoms with Crippen molar-refractivity contribution >= 4 is 11.4 Å². The molecule has 0 saturated heterocycles. The van der Waals surface area contributed by atoms with E-state index >= 15 is 0 Å². The molecule has 3 N–H and O–H groups in total. The van der Waals surface area contributed by atoms with Crippen molar-refractivity contribution in [2.24, 2.45) is 17.8 Å². The average Bonchev–Trinajstić information content (AvgIpc) is 2.92. The van der Waals surface area contributed by atoms with E-state index in [-0.39, 0.29) is 0 Å². The number of nitrogens with one attached hydrogen (secondary N) is 1. The van der Waals surface area contributed by atoms with Crippen LogP contribution in [0, 0.1) is 24.7 Å². The molecule has 17 heavy (non-hydrogen) atoms. The zero-order chi connectivity index (χ0) is 11.8. The van der Waals surface area contributed by atoms with E-state index in [2.05, 4.69) is 24.4 Å². The summed E-state index contributed by atoms with van der Waals surface area (Å²) in [5.41, 5.74) is 9.25. The summed E-state index contributed by atoms with van der Waals surface area (Å²) in [6.07, 6.45) is 5.85. The second-order valence-electron chi connectivity index (χ2n) is 5.91. The molecule has 3 unspecified atom stereocenters. The number of aryl methyl sites for hydroxylation is 1. The number of rotatable bonds is 3. The number of nitrogens with two attached hydrogens (primary N) is 1. The van der Waals surface area contributed by atoms with Crippen molar-refractivity contribution in [1.29, 1.82) is 0 Å². The molecular weight excluding hydrogens is 208 g/mol. The Morgan fingerprint density at radius 1 is 1.29 bits per heavy atom. The van der Waals surface area contributed by atoms with Gasteiger partial charge in [-0.1, -0.05) is 12.5 Å². The Kier molecular flexibility index (Phi) is 2.73.